The van der Waals surface area contributed by atoms with Crippen molar-refractivity contribution >= 4 is 5.91 Å². The molecule has 1 aliphatic rings. The molecule has 0 atom stereocenters. The van der Waals surface area contributed by atoms with Crippen molar-refractivity contribution in [2.75, 3.05) is 13.1 Å². The summed E-state index contributed by atoms with van der Waals surface area (Å²) in [6.07, 6.45) is 1.97. The summed E-state index contributed by atoms with van der Waals surface area (Å²) in [6.45, 7) is -1.97. The summed E-state index contributed by atoms with van der Waals surface area (Å²) >= 11 is 0. The van der Waals surface area contributed by atoms with Crippen LogP contribution in [0.15, 0.2) is 24.3 Å². The van der Waals surface area contributed by atoms with Gasteiger partial charge in [0.2, 0.25) is 0 Å². The summed E-state index contributed by atoms with van der Waals surface area (Å²) in [6, 6.07) is 5.94. The Kier molecular flexibility index (Phi) is 3.99. The van der Waals surface area contributed by atoms with Crippen LogP contribution in [0.2, 0.25) is 0 Å². The number of para-hydroxylation sites is 1. The number of nitrogens with one attached hydrogen (secondary N) is 1. The van der Waals surface area contributed by atoms with E-state index in [1.165, 1.54) is 18.2 Å². The van der Waals surface area contributed by atoms with E-state index in [1.54, 1.807) is 6.07 Å². The summed E-state index contributed by atoms with van der Waals surface area (Å²) in [5, 5.41) is 2.72. The second-order valence-electron chi connectivity index (χ2n) is 4.76. The fraction of sp³-hybridized carbons (Fsp3) is 0.462. The number of rotatable bonds is 6. The highest BCUT2D eigenvalue weighted by Crippen LogP contribution is 2.43. The van der Waals surface area contributed by atoms with Gasteiger partial charge in [-0.15, -0.1) is 0 Å². The van der Waals surface area contributed by atoms with Crippen LogP contribution in [-0.2, 0) is 0 Å². The predicted molar refractivity (Wildman–Crippen MR) is 66.1 cm³/mol. The van der Waals surface area contributed by atoms with E-state index in [0.717, 1.165) is 12.8 Å². The second kappa shape index (κ2) is 5.52. The molecule has 0 aromatic heterocycles. The highest BCUT2D eigenvalue weighted by atomic mass is 19.3. The van der Waals surface area contributed by atoms with E-state index in [1.807, 2.05) is 0 Å². The van der Waals surface area contributed by atoms with Gasteiger partial charge in [-0.1, -0.05) is 12.1 Å². The van der Waals surface area contributed by atoms with Crippen molar-refractivity contribution in [1.29, 1.82) is 0 Å². The molecule has 6 heteroatoms. The number of nitrogens with two attached hydrogens (primary N) is 1. The van der Waals surface area contributed by atoms with E-state index in [9.17, 15) is 13.6 Å². The average Bonchev–Trinajstić information content (AvgIpc) is 3.17. The van der Waals surface area contributed by atoms with E-state index in [0.29, 0.717) is 13.1 Å². The first-order chi connectivity index (χ1) is 9.06. The SMILES string of the molecule is NCC1(CNC(=O)c2ccccc2OC(F)F)CC1. The lowest BCUT2D eigenvalue weighted by atomic mass is 10.1. The number of carbonyl (C=O) groups is 1. The maximum atomic E-state index is 12.2. The van der Waals surface area contributed by atoms with E-state index in [2.05, 4.69) is 10.1 Å². The van der Waals surface area contributed by atoms with Gasteiger partial charge in [-0.2, -0.15) is 8.78 Å². The molecule has 4 nitrogen and oxygen atoms in total. The third kappa shape index (κ3) is 3.41. The van der Waals surface area contributed by atoms with Crippen LogP contribution in [0.3, 0.4) is 0 Å². The fourth-order valence-corrected chi connectivity index (χ4v) is 1.85. The highest BCUT2D eigenvalue weighted by molar-refractivity contribution is 5.96. The third-order valence-corrected chi connectivity index (χ3v) is 3.36. The molecule has 3 N–H and O–H groups in total. The van der Waals surface area contributed by atoms with Crippen LogP contribution >= 0.6 is 0 Å². The minimum Gasteiger partial charge on any atom is -0.434 e. The number of hydrogen-bond acceptors (Lipinski definition) is 3. The molecule has 1 fully saturated rings. The lowest BCUT2D eigenvalue weighted by Gasteiger charge is -2.15. The molecule has 19 heavy (non-hydrogen) atoms. The maximum Gasteiger partial charge on any atom is 0.387 e. The normalized spacial score (nSPS) is 16.2. The zero-order valence-electron chi connectivity index (χ0n) is 10.4. The molecule has 1 aromatic rings. The smallest absolute Gasteiger partial charge is 0.387 e. The Balaban J connectivity index is 2.02. The number of halogens is 2. The van der Waals surface area contributed by atoms with E-state index >= 15 is 0 Å². The molecular formula is C13H16F2N2O2. The Morgan fingerprint density at radius 2 is 2.11 bits per heavy atom. The van der Waals surface area contributed by atoms with Gasteiger partial charge in [-0.25, -0.2) is 0 Å². The van der Waals surface area contributed by atoms with Crippen molar-refractivity contribution in [1.82, 2.24) is 5.32 Å². The van der Waals surface area contributed by atoms with Crippen molar-refractivity contribution in [2.24, 2.45) is 11.1 Å². The number of alkyl halides is 2. The van der Waals surface area contributed by atoms with Crippen LogP contribution in [0.4, 0.5) is 8.78 Å². The first-order valence-electron chi connectivity index (χ1n) is 6.08. The second-order valence-corrected chi connectivity index (χ2v) is 4.76. The molecular weight excluding hydrogens is 254 g/mol. The van der Waals surface area contributed by atoms with Crippen LogP contribution in [0, 0.1) is 5.41 Å². The fourth-order valence-electron chi connectivity index (χ4n) is 1.85. The quantitative estimate of drug-likeness (QED) is 0.827. The number of ether oxygens (including phenoxy) is 1. The van der Waals surface area contributed by atoms with Crippen LogP contribution in [0.25, 0.3) is 0 Å². The van der Waals surface area contributed by atoms with Gasteiger partial charge in [0.15, 0.2) is 0 Å². The van der Waals surface area contributed by atoms with E-state index in [4.69, 9.17) is 5.73 Å². The maximum absolute atomic E-state index is 12.2. The van der Waals surface area contributed by atoms with Crippen LogP contribution in [0.5, 0.6) is 5.75 Å². The zero-order valence-corrected chi connectivity index (χ0v) is 10.4. The van der Waals surface area contributed by atoms with Crippen LogP contribution < -0.4 is 15.8 Å². The summed E-state index contributed by atoms with van der Waals surface area (Å²) in [5.41, 5.74) is 5.72. The van der Waals surface area contributed by atoms with Crippen molar-refractivity contribution in [3.05, 3.63) is 29.8 Å². The Bertz CT molecular complexity index is 462. The Morgan fingerprint density at radius 1 is 1.42 bits per heavy atom. The van der Waals surface area contributed by atoms with E-state index < -0.39 is 12.5 Å². The molecule has 1 aromatic carbocycles. The summed E-state index contributed by atoms with van der Waals surface area (Å²) in [5.74, 6) is -0.538. The van der Waals surface area contributed by atoms with Gasteiger partial charge in [0.1, 0.15) is 5.75 Å². The van der Waals surface area contributed by atoms with Gasteiger partial charge in [0.25, 0.3) is 5.91 Å². The zero-order chi connectivity index (χ0) is 13.9. The predicted octanol–water partition coefficient (Wildman–Crippen LogP) is 1.76. The molecule has 0 unspecified atom stereocenters. The molecule has 0 aliphatic heterocycles. The van der Waals surface area contributed by atoms with Gasteiger partial charge < -0.3 is 15.8 Å². The monoisotopic (exact) mass is 270 g/mol. The largest absolute Gasteiger partial charge is 0.434 e. The van der Waals surface area contributed by atoms with Crippen LogP contribution in [-0.4, -0.2) is 25.6 Å². The standard InChI is InChI=1S/C13H16F2N2O2/c14-12(15)19-10-4-2-1-3-9(10)11(18)17-8-13(7-16)5-6-13/h1-4,12H,5-8,16H2,(H,17,18). The number of carbonyl (C=O) groups excluding carboxylic acids is 1. The lowest BCUT2D eigenvalue weighted by Crippen LogP contribution is -2.34. The Morgan fingerprint density at radius 3 is 2.68 bits per heavy atom. The van der Waals surface area contributed by atoms with Gasteiger partial charge in [0.05, 0.1) is 5.56 Å². The first kappa shape index (κ1) is 13.7. The molecule has 0 saturated heterocycles. The van der Waals surface area contributed by atoms with Crippen molar-refractivity contribution in [3.8, 4) is 5.75 Å². The first-order valence-corrected chi connectivity index (χ1v) is 6.08. The Hall–Kier alpha value is -1.69. The third-order valence-electron chi connectivity index (χ3n) is 3.36. The highest BCUT2D eigenvalue weighted by Gasteiger charge is 2.41. The minimum atomic E-state index is -2.95. The lowest BCUT2D eigenvalue weighted by molar-refractivity contribution is -0.0501. The average molecular weight is 270 g/mol. The van der Waals surface area contributed by atoms with Gasteiger partial charge in [-0.05, 0) is 31.5 Å². The topological polar surface area (TPSA) is 64.3 Å². The molecule has 0 radical (unpaired) electrons. The number of benzene rings is 1. The molecule has 0 spiro atoms. The van der Waals surface area contributed by atoms with Crippen molar-refractivity contribution in [3.63, 3.8) is 0 Å². The van der Waals surface area contributed by atoms with Crippen molar-refractivity contribution < 1.29 is 18.3 Å². The molecule has 1 amide bonds. The molecule has 1 aliphatic carbocycles. The minimum absolute atomic E-state index is 0.00578. The molecule has 2 rings (SSSR count). The van der Waals surface area contributed by atoms with Gasteiger partial charge in [0, 0.05) is 12.0 Å². The molecule has 1 saturated carbocycles. The van der Waals surface area contributed by atoms with Gasteiger partial charge >= 0.3 is 6.61 Å². The number of amides is 1. The summed E-state index contributed by atoms with van der Waals surface area (Å²) in [7, 11) is 0. The summed E-state index contributed by atoms with van der Waals surface area (Å²) in [4.78, 5) is 12.0. The van der Waals surface area contributed by atoms with E-state index in [-0.39, 0.29) is 16.7 Å². The molecule has 0 bridgehead atoms. The number of hydrogen-bond donors (Lipinski definition) is 2. The van der Waals surface area contributed by atoms with Crippen LogP contribution in [0.1, 0.15) is 23.2 Å². The Labute approximate surface area is 109 Å². The van der Waals surface area contributed by atoms with Gasteiger partial charge in [-0.3, -0.25) is 4.79 Å². The summed E-state index contributed by atoms with van der Waals surface area (Å²) < 4.78 is 28.8. The molecule has 104 valence electrons. The van der Waals surface area contributed by atoms with Crippen molar-refractivity contribution in [2.45, 2.75) is 19.5 Å². The molecule has 0 heterocycles.